The molecule has 0 saturated heterocycles. The molecule has 2 aromatic carbocycles. The van der Waals surface area contributed by atoms with Crippen LogP contribution in [0, 0.1) is 0 Å². The number of benzene rings is 3. The van der Waals surface area contributed by atoms with Gasteiger partial charge in [0.05, 0.1) is 8.95 Å². The van der Waals surface area contributed by atoms with Crippen molar-refractivity contribution in [3.05, 3.63) is 61.6 Å². The van der Waals surface area contributed by atoms with Gasteiger partial charge < -0.3 is 19.7 Å². The van der Waals surface area contributed by atoms with Crippen LogP contribution in [0.15, 0.2) is 60.6 Å². The van der Waals surface area contributed by atoms with Crippen LogP contribution < -0.4 is 5.43 Å². The van der Waals surface area contributed by atoms with E-state index in [4.69, 9.17) is 4.42 Å². The third-order valence-electron chi connectivity index (χ3n) is 4.09. The van der Waals surface area contributed by atoms with Crippen LogP contribution in [0.25, 0.3) is 33.4 Å². The van der Waals surface area contributed by atoms with E-state index in [1.165, 1.54) is 18.2 Å². The predicted molar refractivity (Wildman–Crippen MR) is 105 cm³/mol. The Balaban J connectivity index is 2.22. The molecular formula is C19H10Br2O5. The SMILES string of the molecule is O=c1cc2oc3ccc(O)cc3c(-c3cc(Br)c(O)c(Br)c3)c-2cc1O. The highest BCUT2D eigenvalue weighted by Crippen LogP contribution is 2.45. The number of phenols is 3. The van der Waals surface area contributed by atoms with E-state index in [1.807, 2.05) is 0 Å². The molecule has 0 bridgehead atoms. The Hall–Kier alpha value is -2.51. The maximum absolute atomic E-state index is 11.8. The summed E-state index contributed by atoms with van der Waals surface area (Å²) in [5.41, 5.74) is 1.77. The smallest absolute Gasteiger partial charge is 0.223 e. The summed E-state index contributed by atoms with van der Waals surface area (Å²) in [7, 11) is 0. The van der Waals surface area contributed by atoms with E-state index in [0.29, 0.717) is 42.4 Å². The van der Waals surface area contributed by atoms with Gasteiger partial charge in [0.25, 0.3) is 0 Å². The van der Waals surface area contributed by atoms with Crippen LogP contribution in [0.2, 0.25) is 0 Å². The normalized spacial score (nSPS) is 11.3. The Labute approximate surface area is 163 Å². The van der Waals surface area contributed by atoms with Gasteiger partial charge >= 0.3 is 0 Å². The Morgan fingerprint density at radius 3 is 2.27 bits per heavy atom. The van der Waals surface area contributed by atoms with Gasteiger partial charge in [-0.1, -0.05) is 0 Å². The van der Waals surface area contributed by atoms with E-state index in [1.54, 1.807) is 24.3 Å². The average Bonchev–Trinajstić information content (AvgIpc) is 2.59. The standard InChI is InChI=1S/C19H10Br2O5/c20-12-3-8(4-13(21)19(12)25)18-10-5-9(22)1-2-16(10)26-17-7-15(24)14(23)6-11(17)18/h1-7,22-23,25H. The highest BCUT2D eigenvalue weighted by Gasteiger charge is 2.21. The molecule has 2 aromatic rings. The second kappa shape index (κ2) is 6.03. The van der Waals surface area contributed by atoms with Crippen molar-refractivity contribution in [2.75, 3.05) is 0 Å². The molecule has 0 unspecified atom stereocenters. The average molecular weight is 478 g/mol. The number of phenolic OH excluding ortho intramolecular Hbond substituents is 3. The summed E-state index contributed by atoms with van der Waals surface area (Å²) < 4.78 is 6.72. The minimum absolute atomic E-state index is 0.0508. The number of hydrogen-bond donors (Lipinski definition) is 3. The highest BCUT2D eigenvalue weighted by molar-refractivity contribution is 9.11. The Kier molecular flexibility index (Phi) is 3.93. The summed E-state index contributed by atoms with van der Waals surface area (Å²) in [5.74, 6) is 0.0112. The monoisotopic (exact) mass is 476 g/mol. The molecule has 26 heavy (non-hydrogen) atoms. The van der Waals surface area contributed by atoms with Crippen molar-refractivity contribution in [2.45, 2.75) is 0 Å². The zero-order valence-corrected chi connectivity index (χ0v) is 16.1. The molecule has 0 saturated carbocycles. The molecule has 1 heterocycles. The van der Waals surface area contributed by atoms with E-state index in [0.717, 1.165) is 0 Å². The lowest BCUT2D eigenvalue weighted by molar-refractivity contribution is 0.468. The summed E-state index contributed by atoms with van der Waals surface area (Å²) >= 11 is 6.62. The molecule has 3 N–H and O–H groups in total. The van der Waals surface area contributed by atoms with Crippen molar-refractivity contribution in [2.24, 2.45) is 0 Å². The molecule has 5 nitrogen and oxygen atoms in total. The molecule has 1 aliphatic heterocycles. The summed E-state index contributed by atoms with van der Waals surface area (Å²) in [6.45, 7) is 0. The topological polar surface area (TPSA) is 90.9 Å². The van der Waals surface area contributed by atoms with Crippen LogP contribution in [-0.2, 0) is 0 Å². The molecule has 2 aliphatic rings. The Morgan fingerprint density at radius 2 is 1.58 bits per heavy atom. The van der Waals surface area contributed by atoms with Gasteiger partial charge in [0.2, 0.25) is 5.43 Å². The van der Waals surface area contributed by atoms with Crippen LogP contribution in [0.5, 0.6) is 17.2 Å². The number of rotatable bonds is 1. The van der Waals surface area contributed by atoms with Crippen LogP contribution >= 0.6 is 31.9 Å². The lowest BCUT2D eigenvalue weighted by Gasteiger charge is -2.16. The van der Waals surface area contributed by atoms with Crippen molar-refractivity contribution < 1.29 is 19.7 Å². The van der Waals surface area contributed by atoms with Crippen LogP contribution in [-0.4, -0.2) is 15.3 Å². The highest BCUT2D eigenvalue weighted by atomic mass is 79.9. The van der Waals surface area contributed by atoms with Gasteiger partial charge in [-0.25, -0.2) is 0 Å². The maximum Gasteiger partial charge on any atom is 0.223 e. The second-order valence-corrected chi connectivity index (χ2v) is 7.47. The van der Waals surface area contributed by atoms with E-state index >= 15 is 0 Å². The molecule has 1 aliphatic carbocycles. The van der Waals surface area contributed by atoms with E-state index in [2.05, 4.69) is 31.9 Å². The lowest BCUT2D eigenvalue weighted by Crippen LogP contribution is -2.01. The quantitative estimate of drug-likeness (QED) is 0.327. The third kappa shape index (κ3) is 2.64. The van der Waals surface area contributed by atoms with Crippen LogP contribution in [0.3, 0.4) is 0 Å². The summed E-state index contributed by atoms with van der Waals surface area (Å²) in [5, 5.41) is 30.4. The van der Waals surface area contributed by atoms with Crippen molar-refractivity contribution >= 4 is 42.8 Å². The molecule has 0 radical (unpaired) electrons. The first-order chi connectivity index (χ1) is 12.3. The minimum Gasteiger partial charge on any atom is -0.508 e. The first-order valence-corrected chi connectivity index (χ1v) is 9.04. The van der Waals surface area contributed by atoms with Crippen molar-refractivity contribution in [1.29, 1.82) is 0 Å². The molecule has 7 heteroatoms. The van der Waals surface area contributed by atoms with Crippen molar-refractivity contribution in [3.63, 3.8) is 0 Å². The van der Waals surface area contributed by atoms with Crippen molar-refractivity contribution in [1.82, 2.24) is 0 Å². The van der Waals surface area contributed by atoms with E-state index < -0.39 is 11.2 Å². The first kappa shape index (κ1) is 16.9. The molecule has 0 atom stereocenters. The zero-order chi connectivity index (χ0) is 18.6. The number of hydrogen-bond acceptors (Lipinski definition) is 5. The van der Waals surface area contributed by atoms with Crippen LogP contribution in [0.4, 0.5) is 0 Å². The Bertz CT molecular complexity index is 1190. The third-order valence-corrected chi connectivity index (χ3v) is 5.30. The zero-order valence-electron chi connectivity index (χ0n) is 13.0. The summed E-state index contributed by atoms with van der Waals surface area (Å²) in [4.78, 5) is 11.8. The summed E-state index contributed by atoms with van der Waals surface area (Å²) in [6.07, 6.45) is 0. The largest absolute Gasteiger partial charge is 0.508 e. The number of halogens is 2. The number of aromatic hydroxyl groups is 3. The molecule has 130 valence electrons. The van der Waals surface area contributed by atoms with Gasteiger partial charge in [0.1, 0.15) is 22.8 Å². The predicted octanol–water partition coefficient (Wildman–Crippen LogP) is 5.21. The van der Waals surface area contributed by atoms with Gasteiger partial charge in [-0.2, -0.15) is 0 Å². The fourth-order valence-corrected chi connectivity index (χ4v) is 4.10. The molecule has 0 aromatic heterocycles. The minimum atomic E-state index is -0.543. The molecular weight excluding hydrogens is 468 g/mol. The molecule has 0 spiro atoms. The van der Waals surface area contributed by atoms with Gasteiger partial charge in [-0.15, -0.1) is 0 Å². The molecule has 0 amide bonds. The Morgan fingerprint density at radius 1 is 0.885 bits per heavy atom. The van der Waals surface area contributed by atoms with Crippen LogP contribution in [0.1, 0.15) is 0 Å². The maximum atomic E-state index is 11.8. The van der Waals surface area contributed by atoms with Gasteiger partial charge in [-0.05, 0) is 73.8 Å². The van der Waals surface area contributed by atoms with E-state index in [9.17, 15) is 20.1 Å². The molecule has 4 rings (SSSR count). The number of fused-ring (bicyclic) bond motifs is 2. The fraction of sp³-hybridized carbons (Fsp3) is 0. The summed E-state index contributed by atoms with van der Waals surface area (Å²) in [6, 6.07) is 10.6. The van der Waals surface area contributed by atoms with Crippen molar-refractivity contribution in [3.8, 4) is 39.7 Å². The van der Waals surface area contributed by atoms with E-state index in [-0.39, 0.29) is 11.5 Å². The van der Waals surface area contributed by atoms with Gasteiger partial charge in [-0.3, -0.25) is 4.79 Å². The first-order valence-electron chi connectivity index (χ1n) is 7.46. The molecule has 0 fully saturated rings. The second-order valence-electron chi connectivity index (χ2n) is 5.76. The lowest BCUT2D eigenvalue weighted by atomic mass is 9.93. The van der Waals surface area contributed by atoms with Gasteiger partial charge in [0.15, 0.2) is 5.75 Å². The fourth-order valence-electron chi connectivity index (χ4n) is 2.92. The van der Waals surface area contributed by atoms with Gasteiger partial charge in [0, 0.05) is 22.6 Å².